The highest BCUT2D eigenvalue weighted by atomic mass is 35.5. The zero-order valence-electron chi connectivity index (χ0n) is 15.9. The molecule has 1 amide bonds. The van der Waals surface area contributed by atoms with Crippen molar-refractivity contribution >= 4 is 34.9 Å². The summed E-state index contributed by atoms with van der Waals surface area (Å²) in [6, 6.07) is 16.5. The summed E-state index contributed by atoms with van der Waals surface area (Å²) in [5.41, 5.74) is 2.62. The van der Waals surface area contributed by atoms with E-state index in [2.05, 4.69) is 20.6 Å². The Balaban J connectivity index is 1.49. The second kappa shape index (κ2) is 8.61. The number of carbonyl (C=O) groups is 1. The zero-order chi connectivity index (χ0) is 21.1. The van der Waals surface area contributed by atoms with Gasteiger partial charge in [0.2, 0.25) is 0 Å². The minimum atomic E-state index is -0.401. The van der Waals surface area contributed by atoms with E-state index in [1.165, 1.54) is 0 Å². The maximum Gasteiger partial charge on any atom is 0.274 e. The summed E-state index contributed by atoms with van der Waals surface area (Å²) in [7, 11) is 1.59. The number of rotatable bonds is 6. The summed E-state index contributed by atoms with van der Waals surface area (Å²) in [5.74, 6) is 0.560. The molecule has 2 N–H and O–H groups in total. The molecule has 9 heteroatoms. The van der Waals surface area contributed by atoms with Crippen molar-refractivity contribution in [1.29, 1.82) is 0 Å². The van der Waals surface area contributed by atoms with Crippen molar-refractivity contribution in [2.24, 2.45) is 0 Å². The van der Waals surface area contributed by atoms with Gasteiger partial charge in [0.25, 0.3) is 5.91 Å². The molecule has 0 aliphatic heterocycles. The number of methoxy groups -OCH3 is 1. The predicted molar refractivity (Wildman–Crippen MR) is 116 cm³/mol. The van der Waals surface area contributed by atoms with Gasteiger partial charge in [-0.3, -0.25) is 14.6 Å². The Hall–Kier alpha value is -3.29. The Bertz CT molecular complexity index is 1200. The smallest absolute Gasteiger partial charge is 0.274 e. The molecule has 7 nitrogen and oxygen atoms in total. The maximum atomic E-state index is 12.6. The second-order valence-corrected chi connectivity index (χ2v) is 7.28. The SMILES string of the molecule is COc1cccc(-c2cc(C(=O)Nc3nn(Cc4ccccc4Cl)cc3Cl)[nH]n2)c1. The fourth-order valence-electron chi connectivity index (χ4n) is 2.91. The van der Waals surface area contributed by atoms with Crippen molar-refractivity contribution < 1.29 is 9.53 Å². The standard InChI is InChI=1S/C21H17Cl2N5O2/c1-30-15-7-4-6-13(9-15)18-10-19(26-25-18)21(29)24-20-17(23)12-28(27-20)11-14-5-2-3-8-16(14)22/h2-10,12H,11H2,1H3,(H,25,26)(H,24,27,29). The van der Waals surface area contributed by atoms with Crippen LogP contribution in [0.25, 0.3) is 11.3 Å². The molecule has 2 heterocycles. The molecule has 2 aromatic carbocycles. The predicted octanol–water partition coefficient (Wildman–Crippen LogP) is 4.89. The zero-order valence-corrected chi connectivity index (χ0v) is 17.4. The number of nitrogens with one attached hydrogen (secondary N) is 2. The van der Waals surface area contributed by atoms with Crippen molar-refractivity contribution in [2.45, 2.75) is 6.54 Å². The largest absolute Gasteiger partial charge is 0.497 e. The number of ether oxygens (including phenoxy) is 1. The van der Waals surface area contributed by atoms with E-state index in [-0.39, 0.29) is 11.5 Å². The number of amides is 1. The topological polar surface area (TPSA) is 84.8 Å². The van der Waals surface area contributed by atoms with Crippen molar-refractivity contribution in [3.8, 4) is 17.0 Å². The van der Waals surface area contributed by atoms with E-state index in [1.807, 2.05) is 48.5 Å². The third-order valence-corrected chi connectivity index (χ3v) is 5.07. The molecule has 0 saturated carbocycles. The molecule has 0 fully saturated rings. The number of hydrogen-bond acceptors (Lipinski definition) is 4. The van der Waals surface area contributed by atoms with E-state index in [0.29, 0.717) is 28.0 Å². The van der Waals surface area contributed by atoms with E-state index < -0.39 is 5.91 Å². The monoisotopic (exact) mass is 441 g/mol. The molecule has 0 spiro atoms. The summed E-state index contributed by atoms with van der Waals surface area (Å²) < 4.78 is 6.84. The first-order valence-electron chi connectivity index (χ1n) is 9.01. The fraction of sp³-hybridized carbons (Fsp3) is 0.0952. The summed E-state index contributed by atoms with van der Waals surface area (Å²) in [6.45, 7) is 0.430. The van der Waals surface area contributed by atoms with Crippen LogP contribution in [0.2, 0.25) is 10.0 Å². The molecule has 4 rings (SSSR count). The average molecular weight is 442 g/mol. The number of halogens is 2. The molecule has 0 unspecified atom stereocenters. The quantitative estimate of drug-likeness (QED) is 0.445. The van der Waals surface area contributed by atoms with Crippen LogP contribution in [0.1, 0.15) is 16.1 Å². The van der Waals surface area contributed by atoms with Crippen LogP contribution in [0, 0.1) is 0 Å². The molecule has 152 valence electrons. The molecule has 2 aromatic heterocycles. The van der Waals surface area contributed by atoms with Gasteiger partial charge >= 0.3 is 0 Å². The fourth-order valence-corrected chi connectivity index (χ4v) is 3.30. The van der Waals surface area contributed by atoms with Crippen LogP contribution < -0.4 is 10.1 Å². The lowest BCUT2D eigenvalue weighted by molar-refractivity contribution is 0.102. The minimum Gasteiger partial charge on any atom is -0.497 e. The molecule has 0 aliphatic carbocycles. The number of anilines is 1. The van der Waals surface area contributed by atoms with E-state index >= 15 is 0 Å². The van der Waals surface area contributed by atoms with Crippen molar-refractivity contribution in [3.63, 3.8) is 0 Å². The molecular formula is C21H17Cl2N5O2. The van der Waals surface area contributed by atoms with Gasteiger partial charge < -0.3 is 10.1 Å². The number of carbonyl (C=O) groups excluding carboxylic acids is 1. The van der Waals surface area contributed by atoms with Gasteiger partial charge in [0.05, 0.1) is 19.3 Å². The maximum absolute atomic E-state index is 12.6. The van der Waals surface area contributed by atoms with Gasteiger partial charge in [-0.15, -0.1) is 0 Å². The van der Waals surface area contributed by atoms with Crippen LogP contribution in [-0.2, 0) is 6.54 Å². The highest BCUT2D eigenvalue weighted by molar-refractivity contribution is 6.33. The van der Waals surface area contributed by atoms with Crippen molar-refractivity contribution in [1.82, 2.24) is 20.0 Å². The number of hydrogen-bond donors (Lipinski definition) is 2. The number of H-pyrrole nitrogens is 1. The van der Waals surface area contributed by atoms with Gasteiger partial charge in [-0.2, -0.15) is 10.2 Å². The summed E-state index contributed by atoms with van der Waals surface area (Å²) in [6.07, 6.45) is 1.63. The van der Waals surface area contributed by atoms with Crippen LogP contribution >= 0.6 is 23.2 Å². The van der Waals surface area contributed by atoms with Crippen LogP contribution in [-0.4, -0.2) is 33.0 Å². The first-order valence-corrected chi connectivity index (χ1v) is 9.76. The van der Waals surface area contributed by atoms with Gasteiger partial charge in [-0.1, -0.05) is 53.5 Å². The Kier molecular flexibility index (Phi) is 5.74. The van der Waals surface area contributed by atoms with Gasteiger partial charge in [0.15, 0.2) is 5.82 Å². The van der Waals surface area contributed by atoms with Crippen LogP contribution in [0.5, 0.6) is 5.75 Å². The van der Waals surface area contributed by atoms with E-state index in [0.717, 1.165) is 11.1 Å². The second-order valence-electron chi connectivity index (χ2n) is 6.47. The van der Waals surface area contributed by atoms with E-state index in [4.69, 9.17) is 27.9 Å². The highest BCUT2D eigenvalue weighted by Crippen LogP contribution is 2.25. The van der Waals surface area contributed by atoms with Crippen LogP contribution in [0.15, 0.2) is 60.8 Å². The Morgan fingerprint density at radius 1 is 1.13 bits per heavy atom. The first kappa shape index (κ1) is 20.0. The molecule has 0 bridgehead atoms. The summed E-state index contributed by atoms with van der Waals surface area (Å²) in [5, 5.41) is 14.9. The molecule has 4 aromatic rings. The van der Waals surface area contributed by atoms with Crippen molar-refractivity contribution in [3.05, 3.63) is 82.1 Å². The number of aromatic amines is 1. The van der Waals surface area contributed by atoms with Crippen LogP contribution in [0.4, 0.5) is 5.82 Å². The lowest BCUT2D eigenvalue weighted by Crippen LogP contribution is -2.13. The third-order valence-electron chi connectivity index (χ3n) is 4.43. The normalized spacial score (nSPS) is 10.8. The molecule has 30 heavy (non-hydrogen) atoms. The Morgan fingerprint density at radius 3 is 2.77 bits per heavy atom. The number of aromatic nitrogens is 4. The van der Waals surface area contributed by atoms with Gasteiger partial charge in [-0.25, -0.2) is 0 Å². The Labute approximate surface area is 182 Å². The lowest BCUT2D eigenvalue weighted by atomic mass is 10.1. The van der Waals surface area contributed by atoms with Gasteiger partial charge in [-0.05, 0) is 29.8 Å². The highest BCUT2D eigenvalue weighted by Gasteiger charge is 2.16. The first-order chi connectivity index (χ1) is 14.5. The van der Waals surface area contributed by atoms with Crippen molar-refractivity contribution in [2.75, 3.05) is 12.4 Å². The Morgan fingerprint density at radius 2 is 1.97 bits per heavy atom. The van der Waals surface area contributed by atoms with Gasteiger partial charge in [0.1, 0.15) is 16.5 Å². The van der Waals surface area contributed by atoms with E-state index in [9.17, 15) is 4.79 Å². The molecule has 0 aliphatic rings. The summed E-state index contributed by atoms with van der Waals surface area (Å²) >= 11 is 12.4. The molecular weight excluding hydrogens is 425 g/mol. The van der Waals surface area contributed by atoms with Gasteiger partial charge in [0, 0.05) is 16.8 Å². The lowest BCUT2D eigenvalue weighted by Gasteiger charge is -2.04. The molecule has 0 saturated heterocycles. The third kappa shape index (κ3) is 4.32. The molecule has 0 radical (unpaired) electrons. The van der Waals surface area contributed by atoms with Crippen LogP contribution in [0.3, 0.4) is 0 Å². The average Bonchev–Trinajstić information content (AvgIpc) is 3.37. The van der Waals surface area contributed by atoms with E-state index in [1.54, 1.807) is 24.1 Å². The number of nitrogens with zero attached hydrogens (tertiary/aromatic N) is 3. The summed E-state index contributed by atoms with van der Waals surface area (Å²) in [4.78, 5) is 12.6. The number of benzene rings is 2. The minimum absolute atomic E-state index is 0.256. The molecule has 0 atom stereocenters.